The number of benzene rings is 2. The van der Waals surface area contributed by atoms with Gasteiger partial charge in [0.1, 0.15) is 16.7 Å². The van der Waals surface area contributed by atoms with E-state index in [0.29, 0.717) is 38.2 Å². The Labute approximate surface area is 171 Å². The third-order valence-electron chi connectivity index (χ3n) is 3.79. The van der Waals surface area contributed by atoms with Crippen molar-refractivity contribution in [3.05, 3.63) is 68.5 Å². The first-order valence-electron chi connectivity index (χ1n) is 7.90. The number of ether oxygens (including phenoxy) is 1. The lowest BCUT2D eigenvalue weighted by Gasteiger charge is -2.11. The maximum atomic E-state index is 12.4. The summed E-state index contributed by atoms with van der Waals surface area (Å²) in [5.41, 5.74) is 1.65. The highest BCUT2D eigenvalue weighted by atomic mass is 35.5. The Kier molecular flexibility index (Phi) is 6.24. The molecular formula is C19H15Cl2NO2S2. The monoisotopic (exact) mass is 423 g/mol. The number of likely N-dealkylation sites (N-methyl/N-ethyl adjacent to an activating group) is 1. The molecule has 3 rings (SSSR count). The quantitative estimate of drug-likeness (QED) is 0.449. The van der Waals surface area contributed by atoms with Crippen molar-refractivity contribution in [2.45, 2.75) is 13.5 Å². The van der Waals surface area contributed by atoms with Crippen molar-refractivity contribution in [1.29, 1.82) is 0 Å². The van der Waals surface area contributed by atoms with Gasteiger partial charge in [-0.15, -0.1) is 0 Å². The summed E-state index contributed by atoms with van der Waals surface area (Å²) in [4.78, 5) is 14.6. The molecule has 0 saturated carbocycles. The van der Waals surface area contributed by atoms with E-state index in [1.54, 1.807) is 17.0 Å². The molecule has 1 aliphatic rings. The van der Waals surface area contributed by atoms with Crippen molar-refractivity contribution in [3.8, 4) is 5.75 Å². The summed E-state index contributed by atoms with van der Waals surface area (Å²) in [6.07, 6.45) is 1.81. The second-order valence-corrected chi connectivity index (χ2v) is 8.01. The van der Waals surface area contributed by atoms with Crippen LogP contribution in [-0.2, 0) is 11.4 Å². The van der Waals surface area contributed by atoms with Gasteiger partial charge in [0.2, 0.25) is 0 Å². The fourth-order valence-corrected chi connectivity index (χ4v) is 4.28. The number of para-hydroxylation sites is 1. The third kappa shape index (κ3) is 4.23. The van der Waals surface area contributed by atoms with Crippen LogP contribution in [0.3, 0.4) is 0 Å². The second-order valence-electron chi connectivity index (χ2n) is 5.49. The highest BCUT2D eigenvalue weighted by molar-refractivity contribution is 8.26. The van der Waals surface area contributed by atoms with Gasteiger partial charge < -0.3 is 4.74 Å². The van der Waals surface area contributed by atoms with Gasteiger partial charge in [0.15, 0.2) is 0 Å². The Bertz CT molecular complexity index is 899. The number of thiocarbonyl (C=S) groups is 1. The molecule has 0 aromatic heterocycles. The summed E-state index contributed by atoms with van der Waals surface area (Å²) in [5, 5.41) is 1.14. The van der Waals surface area contributed by atoms with E-state index < -0.39 is 0 Å². The van der Waals surface area contributed by atoms with E-state index in [1.807, 2.05) is 43.3 Å². The topological polar surface area (TPSA) is 29.5 Å². The molecule has 1 amide bonds. The zero-order chi connectivity index (χ0) is 18.7. The maximum absolute atomic E-state index is 12.4. The molecule has 3 nitrogen and oxygen atoms in total. The van der Waals surface area contributed by atoms with Gasteiger partial charge in [0.25, 0.3) is 5.91 Å². The van der Waals surface area contributed by atoms with Crippen LogP contribution in [0.25, 0.3) is 6.08 Å². The highest BCUT2D eigenvalue weighted by Gasteiger charge is 2.30. The van der Waals surface area contributed by atoms with E-state index in [1.165, 1.54) is 11.8 Å². The van der Waals surface area contributed by atoms with Crippen LogP contribution in [-0.4, -0.2) is 21.7 Å². The molecule has 1 aliphatic heterocycles. The van der Waals surface area contributed by atoms with Crippen LogP contribution in [0.4, 0.5) is 0 Å². The Morgan fingerprint density at radius 2 is 2.00 bits per heavy atom. The number of carbonyl (C=O) groups excluding carboxylic acids is 1. The maximum Gasteiger partial charge on any atom is 0.266 e. The molecule has 0 bridgehead atoms. The number of hydrogen-bond donors (Lipinski definition) is 0. The highest BCUT2D eigenvalue weighted by Crippen LogP contribution is 2.34. The molecular weight excluding hydrogens is 409 g/mol. The summed E-state index contributed by atoms with van der Waals surface area (Å²) < 4.78 is 6.51. The molecule has 0 N–H and O–H groups in total. The molecule has 1 saturated heterocycles. The van der Waals surface area contributed by atoms with E-state index in [0.717, 1.165) is 11.1 Å². The van der Waals surface area contributed by atoms with Crippen LogP contribution in [0, 0.1) is 0 Å². The zero-order valence-electron chi connectivity index (χ0n) is 13.9. The summed E-state index contributed by atoms with van der Waals surface area (Å²) in [6, 6.07) is 12.8. The molecule has 2 aromatic carbocycles. The van der Waals surface area contributed by atoms with E-state index >= 15 is 0 Å². The Morgan fingerprint density at radius 3 is 2.69 bits per heavy atom. The van der Waals surface area contributed by atoms with Crippen molar-refractivity contribution < 1.29 is 9.53 Å². The van der Waals surface area contributed by atoms with Gasteiger partial charge in [-0.25, -0.2) is 0 Å². The SMILES string of the molecule is CCN1C(=O)/C(=C/c2ccccc2OCc2ccc(Cl)cc2Cl)SC1=S. The lowest BCUT2D eigenvalue weighted by molar-refractivity contribution is -0.121. The Morgan fingerprint density at radius 1 is 1.23 bits per heavy atom. The van der Waals surface area contributed by atoms with Crippen LogP contribution >= 0.6 is 47.2 Å². The summed E-state index contributed by atoms with van der Waals surface area (Å²) >= 11 is 18.7. The molecule has 0 atom stereocenters. The predicted molar refractivity (Wildman–Crippen MR) is 113 cm³/mol. The van der Waals surface area contributed by atoms with Gasteiger partial charge in [0, 0.05) is 27.7 Å². The Hall–Kier alpha value is -1.53. The predicted octanol–water partition coefficient (Wildman–Crippen LogP) is 5.79. The normalized spacial score (nSPS) is 15.8. The van der Waals surface area contributed by atoms with E-state index in [-0.39, 0.29) is 5.91 Å². The standard InChI is InChI=1S/C19H15Cl2NO2S2/c1-2-22-18(23)17(26-19(22)25)9-12-5-3-4-6-16(12)24-11-13-7-8-14(20)10-15(13)21/h3-10H,2,11H2,1H3/b17-9-. The van der Waals surface area contributed by atoms with Crippen molar-refractivity contribution in [3.63, 3.8) is 0 Å². The second kappa shape index (κ2) is 8.44. The third-order valence-corrected chi connectivity index (χ3v) is 5.76. The first kappa shape index (κ1) is 19.2. The van der Waals surface area contributed by atoms with Gasteiger partial charge in [-0.3, -0.25) is 9.69 Å². The minimum atomic E-state index is -0.0713. The first-order valence-corrected chi connectivity index (χ1v) is 9.88. The summed E-state index contributed by atoms with van der Waals surface area (Å²) in [6.45, 7) is 2.77. The molecule has 0 spiro atoms. The lowest BCUT2D eigenvalue weighted by atomic mass is 10.1. The molecule has 1 fully saturated rings. The molecule has 134 valence electrons. The van der Waals surface area contributed by atoms with Crippen molar-refractivity contribution in [1.82, 2.24) is 4.90 Å². The Balaban J connectivity index is 1.82. The van der Waals surface area contributed by atoms with Gasteiger partial charge in [-0.1, -0.05) is 71.4 Å². The molecule has 26 heavy (non-hydrogen) atoms. The minimum absolute atomic E-state index is 0.0713. The van der Waals surface area contributed by atoms with Crippen LogP contribution in [0.15, 0.2) is 47.4 Å². The number of nitrogens with zero attached hydrogens (tertiary/aromatic N) is 1. The number of hydrogen-bond acceptors (Lipinski definition) is 4. The fraction of sp³-hybridized carbons (Fsp3) is 0.158. The van der Waals surface area contributed by atoms with Crippen molar-refractivity contribution in [2.24, 2.45) is 0 Å². The molecule has 7 heteroatoms. The minimum Gasteiger partial charge on any atom is -0.488 e. The summed E-state index contributed by atoms with van der Waals surface area (Å²) in [7, 11) is 0. The smallest absolute Gasteiger partial charge is 0.266 e. The molecule has 1 heterocycles. The number of carbonyl (C=O) groups is 1. The number of amides is 1. The van der Waals surface area contributed by atoms with E-state index in [2.05, 4.69) is 0 Å². The van der Waals surface area contributed by atoms with Gasteiger partial charge >= 0.3 is 0 Å². The van der Waals surface area contributed by atoms with E-state index in [4.69, 9.17) is 40.2 Å². The largest absolute Gasteiger partial charge is 0.488 e. The van der Waals surface area contributed by atoms with E-state index in [9.17, 15) is 4.79 Å². The van der Waals surface area contributed by atoms with Crippen LogP contribution in [0.1, 0.15) is 18.1 Å². The van der Waals surface area contributed by atoms with Crippen LogP contribution in [0.5, 0.6) is 5.75 Å². The average Bonchev–Trinajstić information content (AvgIpc) is 2.88. The van der Waals surface area contributed by atoms with Crippen LogP contribution in [0.2, 0.25) is 10.0 Å². The molecule has 0 radical (unpaired) electrons. The van der Waals surface area contributed by atoms with Gasteiger partial charge in [0.05, 0.1) is 4.91 Å². The lowest BCUT2D eigenvalue weighted by Crippen LogP contribution is -2.27. The molecule has 0 unspecified atom stereocenters. The van der Waals surface area contributed by atoms with Crippen LogP contribution < -0.4 is 4.74 Å². The van der Waals surface area contributed by atoms with Gasteiger partial charge in [-0.05, 0) is 31.2 Å². The van der Waals surface area contributed by atoms with Gasteiger partial charge in [-0.2, -0.15) is 0 Å². The average molecular weight is 424 g/mol. The van der Waals surface area contributed by atoms with Crippen molar-refractivity contribution in [2.75, 3.05) is 6.54 Å². The number of thioether (sulfide) groups is 1. The molecule has 2 aromatic rings. The zero-order valence-corrected chi connectivity index (χ0v) is 17.0. The number of rotatable bonds is 5. The summed E-state index contributed by atoms with van der Waals surface area (Å²) in [5.74, 6) is 0.596. The number of halogens is 2. The first-order chi connectivity index (χ1) is 12.5. The fourth-order valence-electron chi connectivity index (χ4n) is 2.44. The molecule has 0 aliphatic carbocycles. The van der Waals surface area contributed by atoms with Crippen molar-refractivity contribution >= 4 is 63.5 Å².